The average Bonchev–Trinajstić information content (AvgIpc) is 2.66. The number of ether oxygens (including phenoxy) is 1. The maximum absolute atomic E-state index is 12.1. The van der Waals surface area contributed by atoms with Crippen LogP contribution in [0.4, 0.5) is 5.69 Å². The maximum Gasteiger partial charge on any atom is 0.338 e. The zero-order chi connectivity index (χ0) is 21.6. The summed E-state index contributed by atoms with van der Waals surface area (Å²) in [7, 11) is 0. The van der Waals surface area contributed by atoms with Crippen LogP contribution in [-0.4, -0.2) is 23.4 Å². The summed E-state index contributed by atoms with van der Waals surface area (Å²) in [6.07, 6.45) is 0.986. The molecular formula is C21H23ClN2O5. The van der Waals surface area contributed by atoms with E-state index in [0.717, 1.165) is 18.1 Å². The quantitative estimate of drug-likeness (QED) is 0.387. The molecule has 0 spiro atoms. The molecule has 0 heterocycles. The fourth-order valence-electron chi connectivity index (χ4n) is 2.77. The second-order valence-corrected chi connectivity index (χ2v) is 7.54. The summed E-state index contributed by atoms with van der Waals surface area (Å²) in [5.41, 5.74) is 1.71. The molecule has 2 aromatic rings. The van der Waals surface area contributed by atoms with Crippen molar-refractivity contribution in [3.8, 4) is 0 Å². The third-order valence-electron chi connectivity index (χ3n) is 4.21. The van der Waals surface area contributed by atoms with Gasteiger partial charge in [-0.1, -0.05) is 49.7 Å². The highest BCUT2D eigenvalue weighted by Gasteiger charge is 2.18. The number of rotatable bonds is 8. The average molecular weight is 419 g/mol. The summed E-state index contributed by atoms with van der Waals surface area (Å²) in [6.45, 7) is 5.64. The minimum absolute atomic E-state index is 0.0531. The third-order valence-corrected chi connectivity index (χ3v) is 4.53. The Morgan fingerprint density at radius 3 is 2.38 bits per heavy atom. The Hall–Kier alpha value is -2.93. The number of nitrogens with one attached hydrogen (secondary N) is 1. The van der Waals surface area contributed by atoms with Gasteiger partial charge in [-0.3, -0.25) is 14.9 Å². The van der Waals surface area contributed by atoms with E-state index in [1.54, 1.807) is 0 Å². The summed E-state index contributed by atoms with van der Waals surface area (Å²) in [6, 6.07) is 11.3. The summed E-state index contributed by atoms with van der Waals surface area (Å²) in [4.78, 5) is 34.3. The van der Waals surface area contributed by atoms with Crippen molar-refractivity contribution in [1.82, 2.24) is 5.32 Å². The van der Waals surface area contributed by atoms with Crippen LogP contribution in [0.1, 0.15) is 48.3 Å². The van der Waals surface area contributed by atoms with E-state index in [0.29, 0.717) is 5.92 Å². The predicted octanol–water partition coefficient (Wildman–Crippen LogP) is 4.48. The molecule has 0 saturated carbocycles. The zero-order valence-corrected chi connectivity index (χ0v) is 17.2. The Kier molecular flexibility index (Phi) is 7.73. The molecule has 1 N–H and O–H groups in total. The van der Waals surface area contributed by atoms with Crippen molar-refractivity contribution in [2.45, 2.75) is 33.2 Å². The molecule has 154 valence electrons. The van der Waals surface area contributed by atoms with Crippen LogP contribution >= 0.6 is 11.6 Å². The van der Waals surface area contributed by atoms with E-state index in [4.69, 9.17) is 16.3 Å². The number of carbonyl (C=O) groups is 2. The molecule has 1 atom stereocenters. The fourth-order valence-corrected chi connectivity index (χ4v) is 2.96. The van der Waals surface area contributed by atoms with E-state index >= 15 is 0 Å². The first-order valence-corrected chi connectivity index (χ1v) is 9.54. The Bertz CT molecular complexity index is 896. The number of nitro benzene ring substituents is 1. The van der Waals surface area contributed by atoms with Gasteiger partial charge in [-0.15, -0.1) is 0 Å². The van der Waals surface area contributed by atoms with Crippen molar-refractivity contribution >= 4 is 29.2 Å². The number of hydrogen-bond acceptors (Lipinski definition) is 5. The number of benzene rings is 2. The van der Waals surface area contributed by atoms with Gasteiger partial charge in [-0.2, -0.15) is 0 Å². The third kappa shape index (κ3) is 6.57. The van der Waals surface area contributed by atoms with E-state index < -0.39 is 29.1 Å². The van der Waals surface area contributed by atoms with E-state index in [1.165, 1.54) is 17.7 Å². The number of amides is 1. The lowest BCUT2D eigenvalue weighted by Crippen LogP contribution is -2.31. The molecule has 29 heavy (non-hydrogen) atoms. The van der Waals surface area contributed by atoms with Gasteiger partial charge in [0.25, 0.3) is 11.6 Å². The maximum atomic E-state index is 12.1. The van der Waals surface area contributed by atoms with Gasteiger partial charge >= 0.3 is 5.97 Å². The van der Waals surface area contributed by atoms with E-state index in [2.05, 4.69) is 19.2 Å². The SMILES string of the molecule is CC(C)Cc1ccc([C@H](C)NC(=O)COC(=O)c2ccc(Cl)c([N+](=O)[O-])c2)cc1. The fraction of sp³-hybridized carbons (Fsp3) is 0.333. The molecule has 8 heteroatoms. The van der Waals surface area contributed by atoms with Crippen LogP contribution in [-0.2, 0) is 16.0 Å². The number of nitro groups is 1. The first-order valence-electron chi connectivity index (χ1n) is 9.16. The number of carbonyl (C=O) groups excluding carboxylic acids is 2. The first kappa shape index (κ1) is 22.4. The number of nitrogens with zero attached hydrogens (tertiary/aromatic N) is 1. The smallest absolute Gasteiger partial charge is 0.338 e. The number of esters is 1. The van der Waals surface area contributed by atoms with Crippen molar-refractivity contribution < 1.29 is 19.2 Å². The highest BCUT2D eigenvalue weighted by molar-refractivity contribution is 6.32. The highest BCUT2D eigenvalue weighted by Crippen LogP contribution is 2.25. The second-order valence-electron chi connectivity index (χ2n) is 7.13. The molecule has 7 nitrogen and oxygen atoms in total. The molecule has 1 amide bonds. The highest BCUT2D eigenvalue weighted by atomic mass is 35.5. The lowest BCUT2D eigenvalue weighted by atomic mass is 10.00. The second kappa shape index (κ2) is 10.0. The molecule has 0 aliphatic rings. The normalized spacial score (nSPS) is 11.8. The van der Waals surface area contributed by atoms with Crippen LogP contribution in [0.3, 0.4) is 0 Å². The molecule has 0 aliphatic heterocycles. The van der Waals surface area contributed by atoms with E-state index in [-0.39, 0.29) is 16.6 Å². The van der Waals surface area contributed by atoms with E-state index in [1.807, 2.05) is 31.2 Å². The van der Waals surface area contributed by atoms with Crippen molar-refractivity contribution in [1.29, 1.82) is 0 Å². The summed E-state index contributed by atoms with van der Waals surface area (Å²) >= 11 is 5.72. The number of hydrogen-bond donors (Lipinski definition) is 1. The molecule has 0 radical (unpaired) electrons. The van der Waals surface area contributed by atoms with Gasteiger partial charge in [0, 0.05) is 6.07 Å². The molecule has 0 aromatic heterocycles. The molecule has 2 rings (SSSR count). The summed E-state index contributed by atoms with van der Waals surface area (Å²) in [5.74, 6) is -0.749. The monoisotopic (exact) mass is 418 g/mol. The Morgan fingerprint density at radius 1 is 1.14 bits per heavy atom. The van der Waals surface area contributed by atoms with E-state index in [9.17, 15) is 19.7 Å². The summed E-state index contributed by atoms with van der Waals surface area (Å²) < 4.78 is 4.95. The van der Waals surface area contributed by atoms with Crippen molar-refractivity contribution in [2.75, 3.05) is 6.61 Å². The van der Waals surface area contributed by atoms with Crippen LogP contribution < -0.4 is 5.32 Å². The molecular weight excluding hydrogens is 396 g/mol. The van der Waals surface area contributed by atoms with Gasteiger partial charge in [-0.25, -0.2) is 4.79 Å². The van der Waals surface area contributed by atoms with Crippen LogP contribution in [0.15, 0.2) is 42.5 Å². The van der Waals surface area contributed by atoms with Gasteiger partial charge in [0.15, 0.2) is 6.61 Å². The molecule has 0 bridgehead atoms. The van der Waals surface area contributed by atoms with Crippen molar-refractivity contribution in [3.05, 3.63) is 74.3 Å². The summed E-state index contributed by atoms with van der Waals surface area (Å²) in [5, 5.41) is 13.6. The topological polar surface area (TPSA) is 98.5 Å². The van der Waals surface area contributed by atoms with Crippen LogP contribution in [0, 0.1) is 16.0 Å². The Morgan fingerprint density at radius 2 is 1.79 bits per heavy atom. The standard InChI is InChI=1S/C21H23ClN2O5/c1-13(2)10-15-4-6-16(7-5-15)14(3)23-20(25)12-29-21(26)17-8-9-18(22)19(11-17)24(27)28/h4-9,11,13-14H,10,12H2,1-3H3,(H,23,25)/t14-/m0/s1. The van der Waals surface area contributed by atoms with Gasteiger partial charge in [-0.05, 0) is 42.5 Å². The van der Waals surface area contributed by atoms with Gasteiger partial charge in [0.05, 0.1) is 16.5 Å². The largest absolute Gasteiger partial charge is 0.452 e. The lowest BCUT2D eigenvalue weighted by Gasteiger charge is -2.15. The van der Waals surface area contributed by atoms with Crippen LogP contribution in [0.2, 0.25) is 5.02 Å². The molecule has 0 unspecified atom stereocenters. The van der Waals surface area contributed by atoms with Gasteiger partial charge < -0.3 is 10.1 Å². The van der Waals surface area contributed by atoms with Crippen LogP contribution in [0.5, 0.6) is 0 Å². The van der Waals surface area contributed by atoms with Crippen molar-refractivity contribution in [3.63, 3.8) is 0 Å². The lowest BCUT2D eigenvalue weighted by molar-refractivity contribution is -0.384. The minimum Gasteiger partial charge on any atom is -0.452 e. The molecule has 0 fully saturated rings. The number of halogens is 1. The Labute approximate surface area is 174 Å². The van der Waals surface area contributed by atoms with Gasteiger partial charge in [0.1, 0.15) is 5.02 Å². The molecule has 0 aliphatic carbocycles. The predicted molar refractivity (Wildman–Crippen MR) is 110 cm³/mol. The molecule has 2 aromatic carbocycles. The first-order chi connectivity index (χ1) is 13.7. The molecule has 0 saturated heterocycles. The van der Waals surface area contributed by atoms with Crippen LogP contribution in [0.25, 0.3) is 0 Å². The minimum atomic E-state index is -0.842. The Balaban J connectivity index is 1.90. The van der Waals surface area contributed by atoms with Gasteiger partial charge in [0.2, 0.25) is 0 Å². The van der Waals surface area contributed by atoms with Crippen molar-refractivity contribution in [2.24, 2.45) is 5.92 Å². The zero-order valence-electron chi connectivity index (χ0n) is 16.5.